The van der Waals surface area contributed by atoms with Gasteiger partial charge in [-0.15, -0.1) is 0 Å². The van der Waals surface area contributed by atoms with Crippen LogP contribution in [0.1, 0.15) is 33.5 Å². The molecule has 0 bridgehead atoms. The van der Waals surface area contributed by atoms with E-state index in [2.05, 4.69) is 5.16 Å². The molecule has 2 aliphatic heterocycles. The average Bonchev–Trinajstić information content (AvgIpc) is 3.29. The fraction of sp³-hybridized carbons (Fsp3) is 0.263. The highest BCUT2D eigenvalue weighted by molar-refractivity contribution is 6.35. The second kappa shape index (κ2) is 7.02. The number of halogens is 6. The molecule has 2 heterocycles. The molecule has 0 amide bonds. The number of hydrogen-bond acceptors (Lipinski definition) is 4. The summed E-state index contributed by atoms with van der Waals surface area (Å²) in [6.45, 7) is 0.424. The van der Waals surface area contributed by atoms with Crippen molar-refractivity contribution in [3.05, 3.63) is 68.4 Å². The summed E-state index contributed by atoms with van der Waals surface area (Å²) in [7, 11) is 0. The smallest absolute Gasteiger partial charge is 0.435 e. The summed E-state index contributed by atoms with van der Waals surface area (Å²) in [5.74, 6) is -2.10. The van der Waals surface area contributed by atoms with Gasteiger partial charge in [0.15, 0.2) is 5.82 Å². The highest BCUT2D eigenvalue weighted by Gasteiger charge is 2.63. The van der Waals surface area contributed by atoms with Crippen molar-refractivity contribution in [2.75, 3.05) is 0 Å². The Morgan fingerprint density at radius 3 is 2.37 bits per heavy atom. The number of carboxylic acid groups (broad SMARTS) is 1. The van der Waals surface area contributed by atoms with Gasteiger partial charge in [-0.3, -0.25) is 0 Å². The number of rotatable bonds is 2. The van der Waals surface area contributed by atoms with Gasteiger partial charge in [0.05, 0.1) is 22.0 Å². The molecule has 0 spiro atoms. The monoisotopic (exact) mass is 462 g/mol. The van der Waals surface area contributed by atoms with E-state index in [1.807, 2.05) is 0 Å². The Kier molecular flexibility index (Phi) is 4.85. The van der Waals surface area contributed by atoms with E-state index in [1.54, 1.807) is 11.0 Å². The highest BCUT2D eigenvalue weighted by Crippen LogP contribution is 2.50. The van der Waals surface area contributed by atoms with Crippen LogP contribution >= 0.6 is 23.2 Å². The first-order chi connectivity index (χ1) is 14.0. The van der Waals surface area contributed by atoms with E-state index in [-0.39, 0.29) is 24.5 Å². The number of hydrogen-bond donors (Lipinski definition) is 1. The SMILES string of the molecule is O=C(O)c1ccc2c(c1)CN(C1=NOC(c3cc(Cl)c(F)c(Cl)c3)(C(F)(F)F)C1)C2. The highest BCUT2D eigenvalue weighted by atomic mass is 35.5. The molecule has 11 heteroatoms. The maximum Gasteiger partial charge on any atom is 0.435 e. The lowest BCUT2D eigenvalue weighted by molar-refractivity contribution is -0.275. The van der Waals surface area contributed by atoms with E-state index < -0.39 is 45.6 Å². The number of oxime groups is 1. The zero-order valence-corrected chi connectivity index (χ0v) is 16.4. The molecule has 1 N–H and O–H groups in total. The molecule has 1 unspecified atom stereocenters. The van der Waals surface area contributed by atoms with E-state index in [9.17, 15) is 22.4 Å². The molecule has 30 heavy (non-hydrogen) atoms. The lowest BCUT2D eigenvalue weighted by Crippen LogP contribution is -2.44. The predicted molar refractivity (Wildman–Crippen MR) is 99.9 cm³/mol. The Labute approximate surface area is 177 Å². The van der Waals surface area contributed by atoms with Crippen LogP contribution in [-0.4, -0.2) is 28.0 Å². The van der Waals surface area contributed by atoms with Gasteiger partial charge in [0.25, 0.3) is 5.60 Å². The van der Waals surface area contributed by atoms with Gasteiger partial charge < -0.3 is 14.8 Å². The van der Waals surface area contributed by atoms with E-state index in [0.717, 1.165) is 17.7 Å². The molecule has 4 rings (SSSR count). The lowest BCUT2D eigenvalue weighted by Gasteiger charge is -2.30. The summed E-state index contributed by atoms with van der Waals surface area (Å²) >= 11 is 11.4. The minimum atomic E-state index is -4.90. The van der Waals surface area contributed by atoms with Gasteiger partial charge in [-0.05, 0) is 35.4 Å². The van der Waals surface area contributed by atoms with Crippen LogP contribution in [0.5, 0.6) is 0 Å². The van der Waals surface area contributed by atoms with Crippen molar-refractivity contribution in [2.45, 2.75) is 31.3 Å². The van der Waals surface area contributed by atoms with Gasteiger partial charge >= 0.3 is 12.1 Å². The van der Waals surface area contributed by atoms with Crippen molar-refractivity contribution >= 4 is 35.0 Å². The third-order valence-corrected chi connectivity index (χ3v) is 5.71. The average molecular weight is 463 g/mol. The Balaban J connectivity index is 1.64. The molecule has 0 aromatic heterocycles. The Hall–Kier alpha value is -2.52. The number of carbonyl (C=O) groups is 1. The van der Waals surface area contributed by atoms with Crippen molar-refractivity contribution in [3.8, 4) is 0 Å². The van der Waals surface area contributed by atoms with Gasteiger partial charge in [0.1, 0.15) is 5.84 Å². The molecular formula is C19H12Cl2F4N2O3. The maximum absolute atomic E-state index is 14.1. The molecule has 2 aromatic carbocycles. The first-order valence-electron chi connectivity index (χ1n) is 8.58. The fourth-order valence-corrected chi connectivity index (χ4v) is 4.04. The topological polar surface area (TPSA) is 62.1 Å². The summed E-state index contributed by atoms with van der Waals surface area (Å²) < 4.78 is 55.9. The van der Waals surface area contributed by atoms with Crippen LogP contribution < -0.4 is 0 Å². The maximum atomic E-state index is 14.1. The van der Waals surface area contributed by atoms with Gasteiger partial charge in [0.2, 0.25) is 0 Å². The van der Waals surface area contributed by atoms with Crippen LogP contribution in [-0.2, 0) is 23.5 Å². The van der Waals surface area contributed by atoms with Crippen molar-refractivity contribution in [2.24, 2.45) is 5.16 Å². The van der Waals surface area contributed by atoms with Crippen molar-refractivity contribution < 1.29 is 32.3 Å². The summed E-state index contributed by atoms with van der Waals surface area (Å²) in [6.07, 6.45) is -5.57. The number of fused-ring (bicyclic) bond motifs is 1. The molecule has 158 valence electrons. The quantitative estimate of drug-likeness (QED) is 0.483. The molecule has 0 radical (unpaired) electrons. The summed E-state index contributed by atoms with van der Waals surface area (Å²) in [4.78, 5) is 17.6. The Bertz CT molecular complexity index is 1070. The number of nitrogens with zero attached hydrogens (tertiary/aromatic N) is 2. The second-order valence-corrected chi connectivity index (χ2v) is 7.81. The molecule has 5 nitrogen and oxygen atoms in total. The third kappa shape index (κ3) is 3.26. The van der Waals surface area contributed by atoms with Gasteiger partial charge in [-0.2, -0.15) is 13.2 Å². The molecule has 0 saturated heterocycles. The molecular weight excluding hydrogens is 451 g/mol. The second-order valence-electron chi connectivity index (χ2n) is 7.00. The van der Waals surface area contributed by atoms with E-state index in [4.69, 9.17) is 33.1 Å². The van der Waals surface area contributed by atoms with Crippen molar-refractivity contribution in [1.82, 2.24) is 4.90 Å². The summed E-state index contributed by atoms with van der Waals surface area (Å²) in [5, 5.41) is 11.7. The molecule has 0 aliphatic carbocycles. The largest absolute Gasteiger partial charge is 0.478 e. The number of carboxylic acids is 1. The Morgan fingerprint density at radius 2 is 1.77 bits per heavy atom. The van der Waals surface area contributed by atoms with Gasteiger partial charge in [-0.1, -0.05) is 34.4 Å². The van der Waals surface area contributed by atoms with E-state index in [1.165, 1.54) is 12.1 Å². The molecule has 1 atom stereocenters. The van der Waals surface area contributed by atoms with Crippen LogP contribution in [0.2, 0.25) is 10.0 Å². The summed E-state index contributed by atoms with van der Waals surface area (Å²) in [6, 6.07) is 6.18. The van der Waals surface area contributed by atoms with Crippen LogP contribution in [0.4, 0.5) is 17.6 Å². The minimum Gasteiger partial charge on any atom is -0.478 e. The van der Waals surface area contributed by atoms with Crippen molar-refractivity contribution in [1.29, 1.82) is 0 Å². The molecule has 2 aromatic rings. The lowest BCUT2D eigenvalue weighted by atomic mass is 9.89. The summed E-state index contributed by atoms with van der Waals surface area (Å²) in [5.41, 5.74) is -1.80. The van der Waals surface area contributed by atoms with Crippen molar-refractivity contribution in [3.63, 3.8) is 0 Å². The first-order valence-corrected chi connectivity index (χ1v) is 9.34. The molecule has 0 saturated carbocycles. The zero-order valence-electron chi connectivity index (χ0n) is 14.9. The van der Waals surface area contributed by atoms with E-state index in [0.29, 0.717) is 5.56 Å². The molecule has 0 fully saturated rings. The van der Waals surface area contributed by atoms with E-state index >= 15 is 0 Å². The predicted octanol–water partition coefficient (Wildman–Crippen LogP) is 5.34. The Morgan fingerprint density at radius 1 is 1.13 bits per heavy atom. The standard InChI is InChI=1S/C19H12Cl2F4N2O3/c20-13-4-12(5-14(21)16(13)22)18(19(23,24)25)6-15(26-30-18)27-7-10-2-1-9(17(28)29)3-11(10)8-27/h1-5H,6-8H2,(H,28,29). The third-order valence-electron chi connectivity index (χ3n) is 5.16. The minimum absolute atomic E-state index is 0.0250. The van der Waals surface area contributed by atoms with Gasteiger partial charge in [-0.25, -0.2) is 9.18 Å². The van der Waals surface area contributed by atoms with Crippen LogP contribution in [0, 0.1) is 5.82 Å². The molecule has 2 aliphatic rings. The number of amidine groups is 1. The van der Waals surface area contributed by atoms with Crippen LogP contribution in [0.15, 0.2) is 35.5 Å². The fourth-order valence-electron chi connectivity index (χ4n) is 3.56. The van der Waals surface area contributed by atoms with Crippen LogP contribution in [0.25, 0.3) is 0 Å². The van der Waals surface area contributed by atoms with Gasteiger partial charge in [0, 0.05) is 18.7 Å². The normalized spacial score (nSPS) is 20.7. The zero-order chi connectivity index (χ0) is 21.8. The number of alkyl halides is 3. The number of aromatic carboxylic acids is 1. The number of benzene rings is 2. The first kappa shape index (κ1) is 20.7. The van der Waals surface area contributed by atoms with Crippen LogP contribution in [0.3, 0.4) is 0 Å².